The lowest BCUT2D eigenvalue weighted by Crippen LogP contribution is -2.00. The third-order valence-corrected chi connectivity index (χ3v) is 4.92. The molecule has 0 aliphatic heterocycles. The summed E-state index contributed by atoms with van der Waals surface area (Å²) in [5.41, 5.74) is 1.60. The number of benzene rings is 2. The van der Waals surface area contributed by atoms with Crippen molar-refractivity contribution in [1.29, 1.82) is 0 Å². The number of rotatable bonds is 2. The van der Waals surface area contributed by atoms with E-state index < -0.39 is 10.6 Å². The van der Waals surface area contributed by atoms with Crippen LogP contribution in [0.3, 0.4) is 0 Å². The molecule has 0 aliphatic carbocycles. The van der Waals surface area contributed by atoms with Crippen LogP contribution in [-0.4, -0.2) is 0 Å². The van der Waals surface area contributed by atoms with Crippen LogP contribution in [0.5, 0.6) is 0 Å². The molecule has 0 nitrogen and oxygen atoms in total. The van der Waals surface area contributed by atoms with E-state index in [1.807, 2.05) is 6.92 Å². The number of hydrogen-bond donors (Lipinski definition) is 0. The molecule has 2 aromatic rings. The molecular weight excluding hydrogens is 401 g/mol. The Bertz CT molecular complexity index is 629. The van der Waals surface area contributed by atoms with Gasteiger partial charge in [0.05, 0.1) is 9.85 Å². The maximum absolute atomic E-state index is 14.0. The summed E-state index contributed by atoms with van der Waals surface area (Å²) in [4.78, 5) is -0.585. The fourth-order valence-electron chi connectivity index (χ4n) is 1.76. The summed E-state index contributed by atoms with van der Waals surface area (Å²) in [6.45, 7) is 1.85. The normalized spacial score (nSPS) is 12.5. The van der Waals surface area contributed by atoms with Gasteiger partial charge in [-0.3, -0.25) is 0 Å². The van der Waals surface area contributed by atoms with E-state index in [1.54, 1.807) is 12.1 Å². The van der Waals surface area contributed by atoms with E-state index in [0.29, 0.717) is 20.6 Å². The Hall–Kier alpha value is -0.450. The molecule has 100 valence electrons. The van der Waals surface area contributed by atoms with E-state index >= 15 is 0 Å². The van der Waals surface area contributed by atoms with Crippen molar-refractivity contribution in [3.05, 3.63) is 68.2 Å². The minimum atomic E-state index is -0.585. The van der Waals surface area contributed by atoms with Gasteiger partial charge in [-0.1, -0.05) is 45.2 Å². The van der Waals surface area contributed by atoms with E-state index in [9.17, 15) is 8.78 Å². The Morgan fingerprint density at radius 1 is 1.05 bits per heavy atom. The van der Waals surface area contributed by atoms with Crippen molar-refractivity contribution in [2.45, 2.75) is 11.8 Å². The lowest BCUT2D eigenvalue weighted by atomic mass is 10.0. The first kappa shape index (κ1) is 14.9. The van der Waals surface area contributed by atoms with E-state index in [2.05, 4.69) is 31.9 Å². The lowest BCUT2D eigenvalue weighted by Gasteiger charge is -2.14. The van der Waals surface area contributed by atoms with E-state index in [0.717, 1.165) is 5.56 Å². The largest absolute Gasteiger partial charge is 0.207 e. The van der Waals surface area contributed by atoms with Crippen LogP contribution in [0, 0.1) is 18.6 Å². The summed E-state index contributed by atoms with van der Waals surface area (Å²) in [5.74, 6) is -0.829. The molecule has 0 spiro atoms. The molecule has 0 N–H and O–H groups in total. The minimum absolute atomic E-state index is 0.303. The molecule has 0 radical (unpaired) electrons. The predicted octanol–water partition coefficient (Wildman–Crippen LogP) is 6.17. The molecule has 0 amide bonds. The second-order valence-corrected chi connectivity index (χ2v) is 6.35. The van der Waals surface area contributed by atoms with Gasteiger partial charge in [0.25, 0.3) is 0 Å². The Balaban J connectivity index is 2.52. The van der Waals surface area contributed by atoms with Gasteiger partial charge in [-0.15, -0.1) is 0 Å². The monoisotopic (exact) mass is 408 g/mol. The highest BCUT2D eigenvalue weighted by molar-refractivity contribution is 9.10. The van der Waals surface area contributed by atoms with Crippen molar-refractivity contribution in [2.24, 2.45) is 0 Å². The lowest BCUT2D eigenvalue weighted by molar-refractivity contribution is 0.597. The molecule has 0 aliphatic rings. The van der Waals surface area contributed by atoms with Crippen LogP contribution < -0.4 is 0 Å². The van der Waals surface area contributed by atoms with Gasteiger partial charge < -0.3 is 0 Å². The molecule has 0 saturated heterocycles. The predicted molar refractivity (Wildman–Crippen MR) is 81.0 cm³/mol. The molecule has 1 atom stereocenters. The highest BCUT2D eigenvalue weighted by atomic mass is 79.9. The molecule has 5 heteroatoms. The van der Waals surface area contributed by atoms with Gasteiger partial charge in [-0.25, -0.2) is 8.78 Å². The number of alkyl halides is 1. The summed E-state index contributed by atoms with van der Waals surface area (Å²) >= 11 is 12.4. The van der Waals surface area contributed by atoms with Crippen molar-refractivity contribution in [3.63, 3.8) is 0 Å². The smallest absolute Gasteiger partial charge is 0.129 e. The first-order valence-electron chi connectivity index (χ1n) is 5.44. The van der Waals surface area contributed by atoms with Gasteiger partial charge in [0, 0.05) is 15.6 Å². The second kappa shape index (κ2) is 5.90. The maximum Gasteiger partial charge on any atom is 0.129 e. The Morgan fingerprint density at radius 3 is 2.37 bits per heavy atom. The summed E-state index contributed by atoms with van der Waals surface area (Å²) in [6, 6.07) is 7.49. The van der Waals surface area contributed by atoms with Crippen LogP contribution in [0.4, 0.5) is 8.78 Å². The van der Waals surface area contributed by atoms with Crippen LogP contribution in [0.15, 0.2) is 34.8 Å². The van der Waals surface area contributed by atoms with Crippen molar-refractivity contribution in [1.82, 2.24) is 0 Å². The van der Waals surface area contributed by atoms with Crippen LogP contribution in [-0.2, 0) is 0 Å². The molecule has 0 aromatic heterocycles. The van der Waals surface area contributed by atoms with Crippen LogP contribution in [0.2, 0.25) is 5.02 Å². The van der Waals surface area contributed by atoms with Gasteiger partial charge >= 0.3 is 0 Å². The Morgan fingerprint density at radius 2 is 1.68 bits per heavy atom. The number of aryl methyl sites for hydroxylation is 1. The third-order valence-electron chi connectivity index (χ3n) is 2.74. The molecule has 0 fully saturated rings. The Labute approximate surface area is 132 Å². The van der Waals surface area contributed by atoms with E-state index in [-0.39, 0.29) is 5.82 Å². The van der Waals surface area contributed by atoms with Crippen molar-refractivity contribution in [3.8, 4) is 0 Å². The average Bonchev–Trinajstić information content (AvgIpc) is 2.36. The first-order chi connectivity index (χ1) is 8.90. The van der Waals surface area contributed by atoms with Gasteiger partial charge in [0.15, 0.2) is 0 Å². The van der Waals surface area contributed by atoms with Gasteiger partial charge in [-0.2, -0.15) is 0 Å². The van der Waals surface area contributed by atoms with Gasteiger partial charge in [-0.05, 0) is 41.1 Å². The van der Waals surface area contributed by atoms with Gasteiger partial charge in [0.1, 0.15) is 11.6 Å². The molecule has 19 heavy (non-hydrogen) atoms. The highest BCUT2D eigenvalue weighted by Gasteiger charge is 2.20. The van der Waals surface area contributed by atoms with Crippen molar-refractivity contribution in [2.75, 3.05) is 0 Å². The summed E-state index contributed by atoms with van der Waals surface area (Å²) in [6.07, 6.45) is 0. The second-order valence-electron chi connectivity index (χ2n) is 4.18. The van der Waals surface area contributed by atoms with Crippen molar-refractivity contribution >= 4 is 43.5 Å². The summed E-state index contributed by atoms with van der Waals surface area (Å²) in [7, 11) is 0. The zero-order valence-electron chi connectivity index (χ0n) is 9.85. The average molecular weight is 410 g/mol. The molecular formula is C14H9Br2ClF2. The van der Waals surface area contributed by atoms with Crippen LogP contribution in [0.25, 0.3) is 0 Å². The zero-order valence-corrected chi connectivity index (χ0v) is 13.8. The SMILES string of the molecule is Cc1ccc(F)c(C(Br)c2cc(Cl)c(Br)cc2F)c1. The molecule has 1 unspecified atom stereocenters. The Kier molecular flexibility index (Phi) is 4.64. The molecule has 0 bridgehead atoms. The molecule has 0 saturated carbocycles. The number of hydrogen-bond acceptors (Lipinski definition) is 0. The quantitative estimate of drug-likeness (QED) is 0.410. The highest BCUT2D eigenvalue weighted by Crippen LogP contribution is 2.37. The summed E-state index contributed by atoms with van der Waals surface area (Å²) < 4.78 is 28.3. The fourth-order valence-corrected chi connectivity index (χ4v) is 2.95. The maximum atomic E-state index is 14.0. The van der Waals surface area contributed by atoms with Crippen molar-refractivity contribution < 1.29 is 8.78 Å². The van der Waals surface area contributed by atoms with E-state index in [1.165, 1.54) is 18.2 Å². The third kappa shape index (κ3) is 3.18. The topological polar surface area (TPSA) is 0 Å². The van der Waals surface area contributed by atoms with E-state index in [4.69, 9.17) is 11.6 Å². The zero-order chi connectivity index (χ0) is 14.2. The van der Waals surface area contributed by atoms with Crippen LogP contribution >= 0.6 is 43.5 Å². The standard InChI is InChI=1S/C14H9Br2ClF2/c1-7-2-3-12(18)8(4-7)14(16)9-5-11(17)10(15)6-13(9)19/h2-6,14H,1H3. The molecule has 0 heterocycles. The fraction of sp³-hybridized carbons (Fsp3) is 0.143. The van der Waals surface area contributed by atoms with Crippen LogP contribution in [0.1, 0.15) is 21.5 Å². The molecule has 2 aromatic carbocycles. The number of halogens is 5. The van der Waals surface area contributed by atoms with Gasteiger partial charge in [0.2, 0.25) is 0 Å². The molecule has 2 rings (SSSR count). The summed E-state index contributed by atoms with van der Waals surface area (Å²) in [5, 5.41) is 0.383. The first-order valence-corrected chi connectivity index (χ1v) is 7.53. The minimum Gasteiger partial charge on any atom is -0.207 e.